The zero-order valence-electron chi connectivity index (χ0n) is 13.2. The van der Waals surface area contributed by atoms with Gasteiger partial charge in [-0.2, -0.15) is 13.2 Å². The van der Waals surface area contributed by atoms with Crippen molar-refractivity contribution in [3.8, 4) is 0 Å². The van der Waals surface area contributed by atoms with Gasteiger partial charge in [-0.1, -0.05) is 38.1 Å². The Bertz CT molecular complexity index is 567. The highest BCUT2D eigenvalue weighted by Crippen LogP contribution is 2.42. The molecule has 1 amide bonds. The van der Waals surface area contributed by atoms with E-state index in [1.54, 1.807) is 32.0 Å². The van der Waals surface area contributed by atoms with Crippen molar-refractivity contribution in [2.45, 2.75) is 45.8 Å². The molecule has 1 aromatic carbocycles. The Labute approximate surface area is 128 Å². The first-order chi connectivity index (χ1) is 10.0. The van der Waals surface area contributed by atoms with Gasteiger partial charge in [0.05, 0.1) is 5.41 Å². The summed E-state index contributed by atoms with van der Waals surface area (Å²) in [5, 5.41) is 1.02. The molecule has 1 fully saturated rings. The third-order valence-corrected chi connectivity index (χ3v) is 3.96. The molecule has 1 aromatic rings. The Kier molecular flexibility index (Phi) is 4.26. The minimum Gasteiger partial charge on any atom is -0.287 e. The van der Waals surface area contributed by atoms with E-state index in [2.05, 4.69) is 5.43 Å². The summed E-state index contributed by atoms with van der Waals surface area (Å²) in [5.74, 6) is -0.420. The van der Waals surface area contributed by atoms with Gasteiger partial charge < -0.3 is 0 Å². The molecule has 0 aromatic heterocycles. The van der Waals surface area contributed by atoms with E-state index < -0.39 is 17.6 Å². The van der Waals surface area contributed by atoms with Crippen LogP contribution < -0.4 is 5.43 Å². The molecule has 0 radical (unpaired) electrons. The zero-order chi connectivity index (χ0) is 16.7. The van der Waals surface area contributed by atoms with Crippen LogP contribution in [0.3, 0.4) is 0 Å². The van der Waals surface area contributed by atoms with E-state index in [0.29, 0.717) is 5.56 Å². The number of hydrazine groups is 1. The molecule has 3 nitrogen and oxygen atoms in total. The molecular formula is C16H21F3N2O. The van der Waals surface area contributed by atoms with Crippen LogP contribution in [-0.2, 0) is 4.79 Å². The average molecular weight is 314 g/mol. The lowest BCUT2D eigenvalue weighted by Gasteiger charge is -2.31. The number of hydrogen-bond donors (Lipinski definition) is 1. The van der Waals surface area contributed by atoms with Crippen molar-refractivity contribution >= 4 is 5.91 Å². The number of benzene rings is 1. The SMILES string of the molecule is CC(C)c1ccccc1C(N1CC(C)(C)C(=O)N1)C(F)(F)F. The van der Waals surface area contributed by atoms with Gasteiger partial charge in [0.15, 0.2) is 0 Å². The van der Waals surface area contributed by atoms with Gasteiger partial charge in [0.2, 0.25) is 5.91 Å². The number of amides is 1. The second-order valence-corrected chi connectivity index (χ2v) is 6.68. The highest BCUT2D eigenvalue weighted by molar-refractivity contribution is 5.83. The topological polar surface area (TPSA) is 32.3 Å². The number of carbonyl (C=O) groups is 1. The van der Waals surface area contributed by atoms with Gasteiger partial charge in [0.1, 0.15) is 6.04 Å². The average Bonchev–Trinajstić information content (AvgIpc) is 2.62. The summed E-state index contributed by atoms with van der Waals surface area (Å²) in [4.78, 5) is 11.9. The third-order valence-electron chi connectivity index (χ3n) is 3.96. The lowest BCUT2D eigenvalue weighted by molar-refractivity contribution is -0.191. The number of alkyl halides is 3. The van der Waals surface area contributed by atoms with E-state index in [1.165, 1.54) is 6.07 Å². The maximum Gasteiger partial charge on any atom is 0.409 e. The Morgan fingerprint density at radius 2 is 1.73 bits per heavy atom. The van der Waals surface area contributed by atoms with Crippen LogP contribution in [-0.4, -0.2) is 23.6 Å². The van der Waals surface area contributed by atoms with E-state index >= 15 is 0 Å². The first kappa shape index (κ1) is 16.8. The summed E-state index contributed by atoms with van der Waals surface area (Å²) in [7, 11) is 0. The number of halogens is 3. The number of hydrogen-bond acceptors (Lipinski definition) is 2. The molecule has 2 rings (SSSR count). The smallest absolute Gasteiger partial charge is 0.287 e. The van der Waals surface area contributed by atoms with Gasteiger partial charge in [-0.05, 0) is 30.9 Å². The van der Waals surface area contributed by atoms with Gasteiger partial charge in [-0.25, -0.2) is 5.01 Å². The third kappa shape index (κ3) is 3.11. The molecule has 0 saturated carbocycles. The van der Waals surface area contributed by atoms with Crippen LogP contribution in [0.2, 0.25) is 0 Å². The maximum atomic E-state index is 13.7. The molecule has 1 N–H and O–H groups in total. The number of nitrogens with zero attached hydrogens (tertiary/aromatic N) is 1. The molecule has 22 heavy (non-hydrogen) atoms. The van der Waals surface area contributed by atoms with Gasteiger partial charge in [-0.3, -0.25) is 10.2 Å². The van der Waals surface area contributed by atoms with Crippen LogP contribution in [0.15, 0.2) is 24.3 Å². The Hall–Kier alpha value is -1.56. The summed E-state index contributed by atoms with van der Waals surface area (Å²) in [6, 6.07) is 4.70. The molecule has 1 heterocycles. The van der Waals surface area contributed by atoms with Gasteiger partial charge >= 0.3 is 6.18 Å². The fourth-order valence-corrected chi connectivity index (χ4v) is 2.78. The van der Waals surface area contributed by atoms with Crippen molar-refractivity contribution in [1.29, 1.82) is 0 Å². The fraction of sp³-hybridized carbons (Fsp3) is 0.562. The van der Waals surface area contributed by atoms with E-state index in [1.807, 2.05) is 13.8 Å². The maximum absolute atomic E-state index is 13.7. The monoisotopic (exact) mass is 314 g/mol. The molecule has 0 aliphatic carbocycles. The minimum atomic E-state index is -4.47. The zero-order valence-corrected chi connectivity index (χ0v) is 13.2. The van der Waals surface area contributed by atoms with Crippen LogP contribution in [0.5, 0.6) is 0 Å². The van der Waals surface area contributed by atoms with Crippen LogP contribution in [0, 0.1) is 5.41 Å². The molecule has 0 bridgehead atoms. The highest BCUT2D eigenvalue weighted by Gasteiger charge is 2.51. The van der Waals surface area contributed by atoms with Crippen LogP contribution >= 0.6 is 0 Å². The first-order valence-corrected chi connectivity index (χ1v) is 7.27. The fourth-order valence-electron chi connectivity index (χ4n) is 2.78. The Balaban J connectivity index is 2.48. The second kappa shape index (κ2) is 5.57. The van der Waals surface area contributed by atoms with E-state index in [4.69, 9.17) is 0 Å². The van der Waals surface area contributed by atoms with Crippen molar-refractivity contribution in [1.82, 2.24) is 10.4 Å². The number of rotatable bonds is 3. The molecule has 1 aliphatic heterocycles. The van der Waals surface area contributed by atoms with Gasteiger partial charge in [0, 0.05) is 6.54 Å². The molecule has 1 unspecified atom stereocenters. The Morgan fingerprint density at radius 3 is 2.14 bits per heavy atom. The van der Waals surface area contributed by atoms with Crippen LogP contribution in [0.1, 0.15) is 50.8 Å². The quantitative estimate of drug-likeness (QED) is 0.920. The minimum absolute atomic E-state index is 0.0163. The summed E-state index contributed by atoms with van der Waals surface area (Å²) in [6.45, 7) is 7.02. The Morgan fingerprint density at radius 1 is 1.18 bits per heavy atom. The molecule has 1 aliphatic rings. The van der Waals surface area contributed by atoms with Crippen molar-refractivity contribution in [3.05, 3.63) is 35.4 Å². The predicted molar refractivity (Wildman–Crippen MR) is 78.0 cm³/mol. The lowest BCUT2D eigenvalue weighted by atomic mass is 9.90. The standard InChI is InChI=1S/C16H21F3N2O/c1-10(2)11-7-5-6-8-12(11)13(16(17,18)19)21-9-15(3,4)14(22)20-21/h5-8,10,13H,9H2,1-4H3,(H,20,22). The summed E-state index contributed by atoms with van der Waals surface area (Å²) in [6.07, 6.45) is -4.47. The van der Waals surface area contributed by atoms with E-state index in [0.717, 1.165) is 5.01 Å². The van der Waals surface area contributed by atoms with Crippen LogP contribution in [0.4, 0.5) is 13.2 Å². The van der Waals surface area contributed by atoms with Crippen molar-refractivity contribution in [3.63, 3.8) is 0 Å². The van der Waals surface area contributed by atoms with Gasteiger partial charge in [0.25, 0.3) is 0 Å². The highest BCUT2D eigenvalue weighted by atomic mass is 19.4. The van der Waals surface area contributed by atoms with E-state index in [-0.39, 0.29) is 23.9 Å². The molecule has 6 heteroatoms. The van der Waals surface area contributed by atoms with E-state index in [9.17, 15) is 18.0 Å². The lowest BCUT2D eigenvalue weighted by Crippen LogP contribution is -2.44. The first-order valence-electron chi connectivity index (χ1n) is 7.27. The number of carbonyl (C=O) groups excluding carboxylic acids is 1. The largest absolute Gasteiger partial charge is 0.409 e. The summed E-state index contributed by atoms with van der Waals surface area (Å²) in [5.41, 5.74) is 2.39. The molecular weight excluding hydrogens is 293 g/mol. The number of nitrogens with one attached hydrogen (secondary N) is 1. The van der Waals surface area contributed by atoms with Gasteiger partial charge in [-0.15, -0.1) is 0 Å². The van der Waals surface area contributed by atoms with Crippen LogP contribution in [0.25, 0.3) is 0 Å². The normalized spacial score (nSPS) is 20.3. The molecule has 122 valence electrons. The van der Waals surface area contributed by atoms with Crippen molar-refractivity contribution in [2.75, 3.05) is 6.54 Å². The molecule has 1 atom stereocenters. The summed E-state index contributed by atoms with van der Waals surface area (Å²) < 4.78 is 41.1. The molecule has 0 spiro atoms. The second-order valence-electron chi connectivity index (χ2n) is 6.68. The van der Waals surface area contributed by atoms with Crippen molar-refractivity contribution < 1.29 is 18.0 Å². The molecule has 1 saturated heterocycles. The summed E-state index contributed by atoms with van der Waals surface area (Å²) >= 11 is 0. The van der Waals surface area contributed by atoms with Crippen molar-refractivity contribution in [2.24, 2.45) is 5.41 Å². The predicted octanol–water partition coefficient (Wildman–Crippen LogP) is 3.79.